The molecule has 9 aromatic rings. The molecule has 0 N–H and O–H groups in total. The summed E-state index contributed by atoms with van der Waals surface area (Å²) in [5, 5.41) is 7.30. The second kappa shape index (κ2) is 9.89. The zero-order valence-corrected chi connectivity index (χ0v) is 25.6. The summed E-state index contributed by atoms with van der Waals surface area (Å²) < 4.78 is 29.2. The number of para-hydroxylation sites is 1. The predicted octanol–water partition coefficient (Wildman–Crippen LogP) is 10.7. The lowest BCUT2D eigenvalue weighted by Crippen LogP contribution is -2.01. The van der Waals surface area contributed by atoms with Gasteiger partial charge in [0.05, 0.1) is 20.8 Å². The van der Waals surface area contributed by atoms with Gasteiger partial charge in [-0.25, -0.2) is 8.42 Å². The van der Waals surface area contributed by atoms with Crippen LogP contribution < -0.4 is 0 Å². The maximum absolute atomic E-state index is 13.4. The maximum atomic E-state index is 13.4. The molecule has 0 amide bonds. The summed E-state index contributed by atoms with van der Waals surface area (Å²) in [6, 6.07) is 48.3. The maximum Gasteiger partial charge on any atom is 0.206 e. The minimum absolute atomic E-state index is 0.286. The number of nitrogens with zero attached hydrogens (tertiary/aromatic N) is 1. The number of aromatic nitrogens is 1. The van der Waals surface area contributed by atoms with Crippen LogP contribution in [0, 0.1) is 0 Å². The fraction of sp³-hybridized carbons (Fsp3) is 0. The van der Waals surface area contributed by atoms with Crippen molar-refractivity contribution in [1.82, 2.24) is 4.40 Å². The third-order valence-electron chi connectivity index (χ3n) is 8.89. The highest BCUT2D eigenvalue weighted by Gasteiger charge is 2.20. The Morgan fingerprint density at radius 1 is 0.444 bits per heavy atom. The van der Waals surface area contributed by atoms with E-state index < -0.39 is 9.84 Å². The summed E-state index contributed by atoms with van der Waals surface area (Å²) in [4.78, 5) is 1.87. The van der Waals surface area contributed by atoms with Crippen molar-refractivity contribution in [3.63, 3.8) is 0 Å². The molecule has 0 fully saturated rings. The zero-order chi connectivity index (χ0) is 30.1. The van der Waals surface area contributed by atoms with Crippen LogP contribution in [-0.2, 0) is 9.84 Å². The van der Waals surface area contributed by atoms with Crippen molar-refractivity contribution in [2.45, 2.75) is 9.79 Å². The number of sulfone groups is 1. The third-order valence-corrected chi connectivity index (χ3v) is 11.6. The van der Waals surface area contributed by atoms with Crippen molar-refractivity contribution >= 4 is 58.6 Å². The fourth-order valence-electron chi connectivity index (χ4n) is 6.63. The van der Waals surface area contributed by atoms with Gasteiger partial charge in [-0.1, -0.05) is 97.1 Å². The molecule has 0 bridgehead atoms. The van der Waals surface area contributed by atoms with E-state index in [4.69, 9.17) is 0 Å². The third kappa shape index (κ3) is 4.05. The van der Waals surface area contributed by atoms with Gasteiger partial charge < -0.3 is 0 Å². The summed E-state index contributed by atoms with van der Waals surface area (Å²) >= 11 is 1.79. The second-order valence-corrected chi connectivity index (χ2v) is 14.3. The van der Waals surface area contributed by atoms with Crippen molar-refractivity contribution in [3.8, 4) is 33.4 Å². The molecule has 214 valence electrons. The Hall–Kier alpha value is -5.23. The van der Waals surface area contributed by atoms with Gasteiger partial charge >= 0.3 is 0 Å². The van der Waals surface area contributed by atoms with Crippen LogP contribution in [0.3, 0.4) is 0 Å². The lowest BCUT2D eigenvalue weighted by Gasteiger charge is -2.09. The molecule has 9 rings (SSSR count). The number of hydrogen-bond donors (Lipinski definition) is 0. The normalized spacial score (nSPS) is 12.2. The average Bonchev–Trinajstić information content (AvgIpc) is 3.79. The van der Waals surface area contributed by atoms with E-state index >= 15 is 0 Å². The number of hydrogen-bond acceptors (Lipinski definition) is 3. The van der Waals surface area contributed by atoms with Crippen molar-refractivity contribution in [2.24, 2.45) is 0 Å². The van der Waals surface area contributed by atoms with Crippen LogP contribution in [-0.4, -0.2) is 12.8 Å². The van der Waals surface area contributed by atoms with Crippen LogP contribution in [0.25, 0.3) is 70.8 Å². The van der Waals surface area contributed by atoms with E-state index in [9.17, 15) is 8.42 Å². The van der Waals surface area contributed by atoms with E-state index in [2.05, 4.69) is 76.5 Å². The summed E-state index contributed by atoms with van der Waals surface area (Å²) in [5.74, 6) is 0. The first kappa shape index (κ1) is 26.2. The van der Waals surface area contributed by atoms with E-state index in [0.29, 0.717) is 0 Å². The van der Waals surface area contributed by atoms with E-state index in [1.807, 2.05) is 54.6 Å². The largest absolute Gasteiger partial charge is 0.300 e. The van der Waals surface area contributed by atoms with Gasteiger partial charge in [0, 0.05) is 21.5 Å². The molecule has 0 radical (unpaired) electrons. The van der Waals surface area contributed by atoms with Gasteiger partial charge in [0.25, 0.3) is 0 Å². The monoisotopic (exact) mass is 615 g/mol. The highest BCUT2D eigenvalue weighted by Crippen LogP contribution is 2.43. The predicted molar refractivity (Wildman–Crippen MR) is 187 cm³/mol. The number of thiophene rings is 1. The highest BCUT2D eigenvalue weighted by molar-refractivity contribution is 7.91. The molecular formula is C40H25NO2S2. The fourth-order valence-corrected chi connectivity index (χ4v) is 8.83. The minimum Gasteiger partial charge on any atom is -0.300 e. The quantitative estimate of drug-likeness (QED) is 0.193. The van der Waals surface area contributed by atoms with Crippen molar-refractivity contribution in [2.75, 3.05) is 0 Å². The molecule has 45 heavy (non-hydrogen) atoms. The summed E-state index contributed by atoms with van der Waals surface area (Å²) in [7, 11) is -3.63. The van der Waals surface area contributed by atoms with Gasteiger partial charge in [-0.2, -0.15) is 0 Å². The van der Waals surface area contributed by atoms with Gasteiger partial charge in [0.15, 0.2) is 0 Å². The van der Waals surface area contributed by atoms with Gasteiger partial charge in [0.2, 0.25) is 9.84 Å². The zero-order valence-electron chi connectivity index (χ0n) is 24.0. The highest BCUT2D eigenvalue weighted by atomic mass is 32.2. The molecule has 0 aliphatic carbocycles. The second-order valence-electron chi connectivity index (χ2n) is 11.4. The molecule has 3 heterocycles. The molecule has 3 aromatic heterocycles. The molecule has 0 atom stereocenters. The molecule has 0 spiro atoms. The lowest BCUT2D eigenvalue weighted by molar-refractivity contribution is 0.596. The summed E-state index contributed by atoms with van der Waals surface area (Å²) in [6.07, 6.45) is 0. The van der Waals surface area contributed by atoms with Crippen LogP contribution in [0.4, 0.5) is 0 Å². The first-order chi connectivity index (χ1) is 22.1. The first-order valence-corrected chi connectivity index (χ1v) is 17.2. The van der Waals surface area contributed by atoms with Crippen LogP contribution in [0.2, 0.25) is 0 Å². The molecule has 5 heteroatoms. The Bertz CT molecular complexity index is 2610. The molecular weight excluding hydrogens is 591 g/mol. The number of fused-ring (bicyclic) bond motifs is 6. The molecule has 3 nitrogen and oxygen atoms in total. The van der Waals surface area contributed by atoms with Gasteiger partial charge in [-0.05, 0) is 87.3 Å². The van der Waals surface area contributed by atoms with Gasteiger partial charge in [-0.15, -0.1) is 11.3 Å². The van der Waals surface area contributed by atoms with E-state index in [1.165, 1.54) is 43.0 Å². The Balaban J connectivity index is 1.03. The molecule has 0 aliphatic rings. The smallest absolute Gasteiger partial charge is 0.206 e. The van der Waals surface area contributed by atoms with Gasteiger partial charge in [0.1, 0.15) is 4.83 Å². The minimum atomic E-state index is -3.63. The van der Waals surface area contributed by atoms with Crippen molar-refractivity contribution < 1.29 is 8.42 Å². The van der Waals surface area contributed by atoms with Crippen LogP contribution in [0.15, 0.2) is 161 Å². The van der Waals surface area contributed by atoms with Crippen LogP contribution in [0.5, 0.6) is 0 Å². The van der Waals surface area contributed by atoms with Crippen LogP contribution >= 0.6 is 11.3 Å². The molecule has 0 saturated carbocycles. The molecule has 6 aromatic carbocycles. The van der Waals surface area contributed by atoms with Crippen LogP contribution in [0.1, 0.15) is 0 Å². The summed E-state index contributed by atoms with van der Waals surface area (Å²) in [6.45, 7) is 0. The van der Waals surface area contributed by atoms with E-state index in [0.717, 1.165) is 27.8 Å². The Kier molecular flexibility index (Phi) is 5.76. The Labute approximate surface area is 264 Å². The Morgan fingerprint density at radius 2 is 0.933 bits per heavy atom. The number of benzene rings is 6. The number of rotatable bonds is 5. The SMILES string of the molecule is O=S(=O)(c1ccc(-c2ccccc2)cc1)c1ccc(-c2ccc(-c3cc4c5ccccc5n5c6sccc6c(c3)c45)cc2)cc1. The molecule has 0 unspecified atom stereocenters. The van der Waals surface area contributed by atoms with Crippen molar-refractivity contribution in [3.05, 3.63) is 151 Å². The standard InChI is InChI=1S/C40H25NO2S2/c42-45(43,32-18-14-28(15-19-32)26-6-2-1-3-7-26)33-20-16-29(17-21-33)27-10-12-30(13-11-27)31-24-36-34-8-4-5-9-38(34)41-39(36)37(25-31)35-22-23-44-40(35)41/h1-25H. The first-order valence-electron chi connectivity index (χ1n) is 14.8. The lowest BCUT2D eigenvalue weighted by atomic mass is 9.97. The Morgan fingerprint density at radius 3 is 1.56 bits per heavy atom. The van der Waals surface area contributed by atoms with Crippen molar-refractivity contribution in [1.29, 1.82) is 0 Å². The summed E-state index contributed by atoms with van der Waals surface area (Å²) in [5.41, 5.74) is 8.93. The molecule has 0 aliphatic heterocycles. The molecule has 0 saturated heterocycles. The average molecular weight is 616 g/mol. The topological polar surface area (TPSA) is 38.5 Å². The van der Waals surface area contributed by atoms with E-state index in [1.54, 1.807) is 35.6 Å². The van der Waals surface area contributed by atoms with Gasteiger partial charge in [-0.3, -0.25) is 4.40 Å². The van der Waals surface area contributed by atoms with E-state index in [-0.39, 0.29) is 9.79 Å².